The fourth-order valence-electron chi connectivity index (χ4n) is 2.99. The Hall–Kier alpha value is -1.91. The first-order chi connectivity index (χ1) is 10.8. The smallest absolute Gasteiger partial charge is 0.115 e. The van der Waals surface area contributed by atoms with Crippen LogP contribution in [0.15, 0.2) is 48.8 Å². The molecule has 0 saturated carbocycles. The van der Waals surface area contributed by atoms with Crippen molar-refractivity contribution in [3.63, 3.8) is 0 Å². The van der Waals surface area contributed by atoms with Crippen molar-refractivity contribution in [2.75, 3.05) is 19.7 Å². The van der Waals surface area contributed by atoms with Gasteiger partial charge in [0.25, 0.3) is 0 Å². The number of phenols is 1. The Kier molecular flexibility index (Phi) is 5.03. The molecule has 1 aliphatic rings. The number of nitrogens with one attached hydrogen (secondary N) is 1. The van der Waals surface area contributed by atoms with Gasteiger partial charge in [-0.25, -0.2) is 0 Å². The molecular weight excluding hydrogens is 276 g/mol. The predicted octanol–water partition coefficient (Wildman–Crippen LogP) is 2.70. The summed E-state index contributed by atoms with van der Waals surface area (Å²) in [4.78, 5) is 4.10. The number of hydrogen-bond donors (Lipinski definition) is 2. The molecular formula is C18H22N2O2. The van der Waals surface area contributed by atoms with Crippen LogP contribution in [0.1, 0.15) is 23.5 Å². The number of phenolic OH excluding ortho intramolecular Hbond substituents is 1. The minimum Gasteiger partial charge on any atom is -0.508 e. The largest absolute Gasteiger partial charge is 0.508 e. The third kappa shape index (κ3) is 4.06. The van der Waals surface area contributed by atoms with Crippen LogP contribution in [0.25, 0.3) is 0 Å². The Morgan fingerprint density at radius 3 is 2.82 bits per heavy atom. The molecule has 0 unspecified atom stereocenters. The van der Waals surface area contributed by atoms with Crippen molar-refractivity contribution in [2.24, 2.45) is 5.92 Å². The van der Waals surface area contributed by atoms with E-state index in [1.54, 1.807) is 18.3 Å². The fraction of sp³-hybridized carbons (Fsp3) is 0.389. The molecule has 4 heteroatoms. The van der Waals surface area contributed by atoms with Crippen molar-refractivity contribution in [3.8, 4) is 5.75 Å². The number of nitrogens with zero attached hydrogens (tertiary/aromatic N) is 1. The summed E-state index contributed by atoms with van der Waals surface area (Å²) in [6, 6.07) is 11.5. The van der Waals surface area contributed by atoms with Gasteiger partial charge in [-0.05, 0) is 47.6 Å². The highest BCUT2D eigenvalue weighted by Crippen LogP contribution is 2.27. The summed E-state index contributed by atoms with van der Waals surface area (Å²) in [7, 11) is 0. The van der Waals surface area contributed by atoms with Gasteiger partial charge < -0.3 is 15.2 Å². The molecule has 2 atom stereocenters. The molecule has 0 spiro atoms. The lowest BCUT2D eigenvalue weighted by Crippen LogP contribution is -2.37. The topological polar surface area (TPSA) is 54.4 Å². The molecule has 2 heterocycles. The van der Waals surface area contributed by atoms with Crippen molar-refractivity contribution in [2.45, 2.75) is 18.9 Å². The first kappa shape index (κ1) is 15.0. The lowest BCUT2D eigenvalue weighted by atomic mass is 9.86. The van der Waals surface area contributed by atoms with Crippen LogP contribution < -0.4 is 5.32 Å². The summed E-state index contributed by atoms with van der Waals surface area (Å²) in [5.41, 5.74) is 2.39. The quantitative estimate of drug-likeness (QED) is 0.891. The number of aromatic nitrogens is 1. The molecule has 1 aromatic carbocycles. The SMILES string of the molecule is Oc1ccc([C@H]2CNC[C@H](COCc3cccnc3)C2)cc1. The Labute approximate surface area is 131 Å². The van der Waals surface area contributed by atoms with E-state index in [1.165, 1.54) is 5.56 Å². The van der Waals surface area contributed by atoms with E-state index in [2.05, 4.69) is 10.3 Å². The Bertz CT molecular complexity index is 571. The number of rotatable bonds is 5. The van der Waals surface area contributed by atoms with Gasteiger partial charge in [0.2, 0.25) is 0 Å². The van der Waals surface area contributed by atoms with E-state index in [9.17, 15) is 5.11 Å². The second-order valence-electron chi connectivity index (χ2n) is 5.92. The highest BCUT2D eigenvalue weighted by molar-refractivity contribution is 5.28. The molecule has 4 nitrogen and oxygen atoms in total. The monoisotopic (exact) mass is 298 g/mol. The molecule has 0 aliphatic carbocycles. The second kappa shape index (κ2) is 7.38. The van der Waals surface area contributed by atoms with Crippen molar-refractivity contribution >= 4 is 0 Å². The van der Waals surface area contributed by atoms with Gasteiger partial charge in [0, 0.05) is 25.5 Å². The molecule has 1 aliphatic heterocycles. The maximum absolute atomic E-state index is 9.39. The van der Waals surface area contributed by atoms with Crippen LogP contribution in [-0.4, -0.2) is 29.8 Å². The first-order valence-corrected chi connectivity index (χ1v) is 7.77. The summed E-state index contributed by atoms with van der Waals surface area (Å²) >= 11 is 0. The molecule has 3 rings (SSSR count). The third-order valence-corrected chi connectivity index (χ3v) is 4.15. The van der Waals surface area contributed by atoms with Gasteiger partial charge in [-0.2, -0.15) is 0 Å². The molecule has 1 fully saturated rings. The predicted molar refractivity (Wildman–Crippen MR) is 85.7 cm³/mol. The normalized spacial score (nSPS) is 21.6. The first-order valence-electron chi connectivity index (χ1n) is 7.77. The zero-order valence-electron chi connectivity index (χ0n) is 12.6. The van der Waals surface area contributed by atoms with E-state index in [0.29, 0.717) is 24.2 Å². The fourth-order valence-corrected chi connectivity index (χ4v) is 2.99. The summed E-state index contributed by atoms with van der Waals surface area (Å²) in [5.74, 6) is 1.33. The molecule has 1 aromatic heterocycles. The molecule has 0 amide bonds. The maximum Gasteiger partial charge on any atom is 0.115 e. The van der Waals surface area contributed by atoms with E-state index >= 15 is 0 Å². The third-order valence-electron chi connectivity index (χ3n) is 4.15. The molecule has 22 heavy (non-hydrogen) atoms. The average molecular weight is 298 g/mol. The molecule has 0 radical (unpaired) electrons. The van der Waals surface area contributed by atoms with Gasteiger partial charge in [0.1, 0.15) is 5.75 Å². The van der Waals surface area contributed by atoms with Gasteiger partial charge in [-0.1, -0.05) is 18.2 Å². The second-order valence-corrected chi connectivity index (χ2v) is 5.92. The van der Waals surface area contributed by atoms with Gasteiger partial charge in [-0.3, -0.25) is 4.98 Å². The molecule has 2 N–H and O–H groups in total. The van der Waals surface area contributed by atoms with E-state index in [1.807, 2.05) is 30.5 Å². The highest BCUT2D eigenvalue weighted by Gasteiger charge is 2.23. The summed E-state index contributed by atoms with van der Waals surface area (Å²) in [5, 5.41) is 12.9. The molecule has 116 valence electrons. The van der Waals surface area contributed by atoms with Gasteiger partial charge in [0.15, 0.2) is 0 Å². The minimum atomic E-state index is 0.323. The van der Waals surface area contributed by atoms with Gasteiger partial charge in [-0.15, -0.1) is 0 Å². The number of hydrogen-bond acceptors (Lipinski definition) is 4. The number of ether oxygens (including phenoxy) is 1. The van der Waals surface area contributed by atoms with Crippen LogP contribution >= 0.6 is 0 Å². The summed E-state index contributed by atoms with van der Waals surface area (Å²) in [6.07, 6.45) is 4.74. The van der Waals surface area contributed by atoms with Crippen molar-refractivity contribution in [1.82, 2.24) is 10.3 Å². The highest BCUT2D eigenvalue weighted by atomic mass is 16.5. The van der Waals surface area contributed by atoms with Crippen LogP contribution in [0.3, 0.4) is 0 Å². The van der Waals surface area contributed by atoms with Crippen LogP contribution in [-0.2, 0) is 11.3 Å². The van der Waals surface area contributed by atoms with E-state index < -0.39 is 0 Å². The lowest BCUT2D eigenvalue weighted by molar-refractivity contribution is 0.0750. The van der Waals surface area contributed by atoms with E-state index in [4.69, 9.17) is 4.74 Å². The Balaban J connectivity index is 1.49. The van der Waals surface area contributed by atoms with E-state index in [0.717, 1.165) is 31.7 Å². The van der Waals surface area contributed by atoms with Crippen molar-refractivity contribution in [1.29, 1.82) is 0 Å². The van der Waals surface area contributed by atoms with Crippen LogP contribution in [0.2, 0.25) is 0 Å². The number of piperidine rings is 1. The van der Waals surface area contributed by atoms with Crippen LogP contribution in [0, 0.1) is 5.92 Å². The Morgan fingerprint density at radius 1 is 1.18 bits per heavy atom. The lowest BCUT2D eigenvalue weighted by Gasteiger charge is -2.30. The van der Waals surface area contributed by atoms with Crippen LogP contribution in [0.4, 0.5) is 0 Å². The summed E-state index contributed by atoms with van der Waals surface area (Å²) < 4.78 is 5.84. The van der Waals surface area contributed by atoms with Crippen LogP contribution in [0.5, 0.6) is 5.75 Å². The molecule has 2 aromatic rings. The van der Waals surface area contributed by atoms with Gasteiger partial charge in [0.05, 0.1) is 13.2 Å². The Morgan fingerprint density at radius 2 is 2.05 bits per heavy atom. The number of benzene rings is 1. The average Bonchev–Trinajstić information content (AvgIpc) is 2.57. The van der Waals surface area contributed by atoms with E-state index in [-0.39, 0.29) is 0 Å². The standard InChI is InChI=1S/C18H22N2O2/c21-18-5-3-16(4-6-18)17-8-15(10-20-11-17)13-22-12-14-2-1-7-19-9-14/h1-7,9,15,17,20-21H,8,10-13H2/t15-,17-/m1/s1. The zero-order chi connectivity index (χ0) is 15.2. The molecule has 1 saturated heterocycles. The number of aromatic hydroxyl groups is 1. The maximum atomic E-state index is 9.39. The van der Waals surface area contributed by atoms with Crippen molar-refractivity contribution < 1.29 is 9.84 Å². The zero-order valence-corrected chi connectivity index (χ0v) is 12.6. The number of pyridine rings is 1. The minimum absolute atomic E-state index is 0.323. The van der Waals surface area contributed by atoms with Gasteiger partial charge >= 0.3 is 0 Å². The summed E-state index contributed by atoms with van der Waals surface area (Å²) in [6.45, 7) is 3.37. The van der Waals surface area contributed by atoms with Crippen molar-refractivity contribution in [3.05, 3.63) is 59.9 Å². The molecule has 0 bridgehead atoms.